The highest BCUT2D eigenvalue weighted by molar-refractivity contribution is 9.10. The molecule has 2 amide bonds. The summed E-state index contributed by atoms with van der Waals surface area (Å²) < 4.78 is 0.865. The van der Waals surface area contributed by atoms with E-state index in [0.29, 0.717) is 30.6 Å². The van der Waals surface area contributed by atoms with E-state index in [0.717, 1.165) is 10.2 Å². The quantitative estimate of drug-likeness (QED) is 0.762. The fourth-order valence-electron chi connectivity index (χ4n) is 1.93. The van der Waals surface area contributed by atoms with Gasteiger partial charge in [0.1, 0.15) is 0 Å². The summed E-state index contributed by atoms with van der Waals surface area (Å²) in [4.78, 5) is 27.9. The Balaban J connectivity index is 1.68. The summed E-state index contributed by atoms with van der Waals surface area (Å²) >= 11 is 3.33. The van der Waals surface area contributed by atoms with Crippen molar-refractivity contribution in [2.45, 2.75) is 13.3 Å². The molecule has 5 nitrogen and oxygen atoms in total. The Morgan fingerprint density at radius 1 is 1.04 bits per heavy atom. The van der Waals surface area contributed by atoms with Crippen molar-refractivity contribution < 1.29 is 9.59 Å². The highest BCUT2D eigenvalue weighted by atomic mass is 79.9. The van der Waals surface area contributed by atoms with Crippen LogP contribution < -0.4 is 10.6 Å². The van der Waals surface area contributed by atoms with Crippen molar-refractivity contribution in [3.63, 3.8) is 0 Å². The number of amides is 2. The second kappa shape index (κ2) is 8.43. The monoisotopic (exact) mass is 375 g/mol. The molecule has 0 bridgehead atoms. The molecule has 0 atom stereocenters. The first-order chi connectivity index (χ1) is 11.1. The van der Waals surface area contributed by atoms with Crippen LogP contribution in [0.25, 0.3) is 0 Å². The smallest absolute Gasteiger partial charge is 0.252 e. The predicted molar refractivity (Wildman–Crippen MR) is 92.4 cm³/mol. The summed E-state index contributed by atoms with van der Waals surface area (Å²) in [6.45, 7) is 2.86. The molecule has 0 saturated heterocycles. The minimum Gasteiger partial charge on any atom is -0.352 e. The lowest BCUT2D eigenvalue weighted by molar-refractivity contribution is 0.0951. The number of rotatable bonds is 6. The van der Waals surface area contributed by atoms with Crippen molar-refractivity contribution in [3.8, 4) is 0 Å². The first kappa shape index (κ1) is 17.1. The zero-order valence-corrected chi connectivity index (χ0v) is 14.4. The van der Waals surface area contributed by atoms with E-state index in [2.05, 4.69) is 31.5 Å². The number of nitrogens with one attached hydrogen (secondary N) is 2. The molecule has 23 heavy (non-hydrogen) atoms. The first-order valence-electron chi connectivity index (χ1n) is 7.31. The standard InChI is InChI=1S/C17H18BrN3O2/c1-12-6-7-14(11-21-12)17(23)20-9-3-8-19-16(22)13-4-2-5-15(18)10-13/h2,4-7,10-11H,3,8-9H2,1H3,(H,19,22)(H,20,23). The minimum absolute atomic E-state index is 0.125. The van der Waals surface area contributed by atoms with Crippen molar-refractivity contribution in [2.75, 3.05) is 13.1 Å². The zero-order chi connectivity index (χ0) is 16.7. The van der Waals surface area contributed by atoms with E-state index in [1.54, 1.807) is 30.5 Å². The van der Waals surface area contributed by atoms with Gasteiger partial charge in [-0.15, -0.1) is 0 Å². The Morgan fingerprint density at radius 2 is 1.74 bits per heavy atom. The fourth-order valence-corrected chi connectivity index (χ4v) is 2.33. The predicted octanol–water partition coefficient (Wildman–Crippen LogP) is 2.70. The molecule has 120 valence electrons. The van der Waals surface area contributed by atoms with Crippen molar-refractivity contribution >= 4 is 27.7 Å². The number of carbonyl (C=O) groups excluding carboxylic acids is 2. The summed E-state index contributed by atoms with van der Waals surface area (Å²) in [7, 11) is 0. The van der Waals surface area contributed by atoms with Crippen LogP contribution in [-0.4, -0.2) is 29.9 Å². The van der Waals surface area contributed by atoms with Gasteiger partial charge in [-0.2, -0.15) is 0 Å². The summed E-state index contributed by atoms with van der Waals surface area (Å²) in [6, 6.07) is 10.7. The second-order valence-corrected chi connectivity index (χ2v) is 5.98. The Hall–Kier alpha value is -2.21. The molecule has 1 heterocycles. The van der Waals surface area contributed by atoms with E-state index >= 15 is 0 Å². The van der Waals surface area contributed by atoms with Crippen molar-refractivity contribution in [2.24, 2.45) is 0 Å². The van der Waals surface area contributed by atoms with E-state index in [1.807, 2.05) is 19.1 Å². The Kier molecular flexibility index (Phi) is 6.29. The molecule has 0 saturated carbocycles. The van der Waals surface area contributed by atoms with Crippen LogP contribution in [0.3, 0.4) is 0 Å². The lowest BCUT2D eigenvalue weighted by Gasteiger charge is -2.07. The van der Waals surface area contributed by atoms with Gasteiger partial charge in [0.15, 0.2) is 0 Å². The van der Waals surface area contributed by atoms with Crippen LogP contribution in [0.1, 0.15) is 32.8 Å². The molecule has 2 N–H and O–H groups in total. The van der Waals surface area contributed by atoms with Crippen LogP contribution in [0.2, 0.25) is 0 Å². The molecule has 2 aromatic rings. The number of hydrogen-bond donors (Lipinski definition) is 2. The van der Waals surface area contributed by atoms with Gasteiger partial charge in [0.25, 0.3) is 11.8 Å². The van der Waals surface area contributed by atoms with Gasteiger partial charge in [-0.25, -0.2) is 0 Å². The number of aryl methyl sites for hydroxylation is 1. The molecule has 1 aromatic carbocycles. The Labute approximate surface area is 143 Å². The highest BCUT2D eigenvalue weighted by Gasteiger charge is 2.06. The first-order valence-corrected chi connectivity index (χ1v) is 8.10. The minimum atomic E-state index is -0.157. The lowest BCUT2D eigenvalue weighted by Crippen LogP contribution is -2.30. The largest absolute Gasteiger partial charge is 0.352 e. The Morgan fingerprint density at radius 3 is 2.35 bits per heavy atom. The van der Waals surface area contributed by atoms with Crippen molar-refractivity contribution in [1.82, 2.24) is 15.6 Å². The number of aromatic nitrogens is 1. The van der Waals surface area contributed by atoms with Gasteiger partial charge in [0.05, 0.1) is 5.56 Å². The topological polar surface area (TPSA) is 71.1 Å². The van der Waals surface area contributed by atoms with Crippen LogP contribution >= 0.6 is 15.9 Å². The Bertz CT molecular complexity index is 686. The van der Waals surface area contributed by atoms with Gasteiger partial charge < -0.3 is 10.6 Å². The van der Waals surface area contributed by atoms with Crippen LogP contribution in [0.15, 0.2) is 47.1 Å². The molecule has 2 rings (SSSR count). The summed E-state index contributed by atoms with van der Waals surface area (Å²) in [5.41, 5.74) is 2.01. The molecular weight excluding hydrogens is 358 g/mol. The maximum Gasteiger partial charge on any atom is 0.252 e. The van der Waals surface area contributed by atoms with Gasteiger partial charge in [-0.05, 0) is 43.7 Å². The number of carbonyl (C=O) groups is 2. The third kappa shape index (κ3) is 5.49. The number of benzene rings is 1. The van der Waals surface area contributed by atoms with E-state index in [1.165, 1.54) is 0 Å². The molecule has 0 radical (unpaired) electrons. The number of hydrogen-bond acceptors (Lipinski definition) is 3. The van der Waals surface area contributed by atoms with Crippen molar-refractivity contribution in [1.29, 1.82) is 0 Å². The number of halogens is 1. The van der Waals surface area contributed by atoms with E-state index in [4.69, 9.17) is 0 Å². The maximum absolute atomic E-state index is 11.9. The van der Waals surface area contributed by atoms with Crippen molar-refractivity contribution in [3.05, 3.63) is 63.9 Å². The third-order valence-corrected chi connectivity index (χ3v) is 3.68. The SMILES string of the molecule is Cc1ccc(C(=O)NCCCNC(=O)c2cccc(Br)c2)cn1. The molecule has 6 heteroatoms. The van der Waals surface area contributed by atoms with E-state index in [-0.39, 0.29) is 11.8 Å². The molecule has 0 aliphatic heterocycles. The molecule has 1 aromatic heterocycles. The fraction of sp³-hybridized carbons (Fsp3) is 0.235. The molecule has 0 spiro atoms. The van der Waals surface area contributed by atoms with Crippen LogP contribution in [-0.2, 0) is 0 Å². The molecule has 0 unspecified atom stereocenters. The average Bonchev–Trinajstić information content (AvgIpc) is 2.54. The zero-order valence-electron chi connectivity index (χ0n) is 12.8. The molecule has 0 fully saturated rings. The van der Waals surface area contributed by atoms with Gasteiger partial charge in [-0.1, -0.05) is 22.0 Å². The van der Waals surface area contributed by atoms with Gasteiger partial charge in [-0.3, -0.25) is 14.6 Å². The highest BCUT2D eigenvalue weighted by Crippen LogP contribution is 2.11. The van der Waals surface area contributed by atoms with Gasteiger partial charge in [0, 0.05) is 35.0 Å². The lowest BCUT2D eigenvalue weighted by atomic mass is 10.2. The van der Waals surface area contributed by atoms with Crippen LogP contribution in [0, 0.1) is 6.92 Å². The van der Waals surface area contributed by atoms with E-state index < -0.39 is 0 Å². The summed E-state index contributed by atoms with van der Waals surface area (Å²) in [5.74, 6) is -0.281. The van der Waals surface area contributed by atoms with Crippen LogP contribution in [0.5, 0.6) is 0 Å². The molecular formula is C17H18BrN3O2. The third-order valence-electron chi connectivity index (χ3n) is 3.19. The maximum atomic E-state index is 11.9. The van der Waals surface area contributed by atoms with E-state index in [9.17, 15) is 9.59 Å². The second-order valence-electron chi connectivity index (χ2n) is 5.06. The summed E-state index contributed by atoms with van der Waals surface area (Å²) in [6.07, 6.45) is 2.21. The molecule has 0 aliphatic rings. The van der Waals surface area contributed by atoms with Crippen LogP contribution in [0.4, 0.5) is 0 Å². The normalized spacial score (nSPS) is 10.2. The number of pyridine rings is 1. The van der Waals surface area contributed by atoms with Gasteiger partial charge >= 0.3 is 0 Å². The summed E-state index contributed by atoms with van der Waals surface area (Å²) in [5, 5.41) is 5.63. The molecule has 0 aliphatic carbocycles. The average molecular weight is 376 g/mol. The number of nitrogens with zero attached hydrogens (tertiary/aromatic N) is 1. The van der Waals surface area contributed by atoms with Gasteiger partial charge in [0.2, 0.25) is 0 Å².